The molecule has 0 aliphatic rings. The van der Waals surface area contributed by atoms with Crippen molar-refractivity contribution < 1.29 is 4.84 Å². The minimum atomic E-state index is 0.802. The number of hydrogen-bond acceptors (Lipinski definition) is 3. The van der Waals surface area contributed by atoms with Gasteiger partial charge >= 0.3 is 0 Å². The lowest BCUT2D eigenvalue weighted by molar-refractivity contribution is -0.109. The third-order valence-electron chi connectivity index (χ3n) is 1.49. The first kappa shape index (κ1) is 9.88. The van der Waals surface area contributed by atoms with Gasteiger partial charge < -0.3 is 10.6 Å². The summed E-state index contributed by atoms with van der Waals surface area (Å²) in [6.45, 7) is 1.80. The standard InChI is InChI=1S/C7H18N2O/c1-9(10-2)7-5-3-4-6-8/h3-8H2,1-2H3. The molecule has 0 saturated carbocycles. The highest BCUT2D eigenvalue weighted by Gasteiger charge is 1.93. The maximum Gasteiger partial charge on any atom is 0.0575 e. The Morgan fingerprint density at radius 1 is 1.30 bits per heavy atom. The first-order chi connectivity index (χ1) is 4.81. The van der Waals surface area contributed by atoms with Crippen molar-refractivity contribution >= 4 is 0 Å². The molecule has 0 unspecified atom stereocenters. The molecule has 0 bridgehead atoms. The highest BCUT2D eigenvalue weighted by Crippen LogP contribution is 1.95. The Kier molecular flexibility index (Phi) is 6.91. The molecule has 0 aromatic heterocycles. The van der Waals surface area contributed by atoms with Gasteiger partial charge in [0.15, 0.2) is 0 Å². The SMILES string of the molecule is CON(C)CCCCCN. The normalized spacial score (nSPS) is 10.8. The Hall–Kier alpha value is -0.120. The van der Waals surface area contributed by atoms with Crippen LogP contribution >= 0.6 is 0 Å². The molecule has 0 atom stereocenters. The monoisotopic (exact) mass is 146 g/mol. The quantitative estimate of drug-likeness (QED) is 0.441. The average molecular weight is 146 g/mol. The van der Waals surface area contributed by atoms with Gasteiger partial charge in [-0.3, -0.25) is 0 Å². The minimum Gasteiger partial charge on any atom is -0.330 e. The lowest BCUT2D eigenvalue weighted by atomic mass is 10.2. The van der Waals surface area contributed by atoms with Gasteiger partial charge in [0, 0.05) is 13.6 Å². The van der Waals surface area contributed by atoms with Crippen LogP contribution in [-0.4, -0.2) is 32.3 Å². The van der Waals surface area contributed by atoms with Gasteiger partial charge in [0.1, 0.15) is 0 Å². The summed E-state index contributed by atoms with van der Waals surface area (Å²) in [6, 6.07) is 0. The van der Waals surface area contributed by atoms with E-state index in [0.29, 0.717) is 0 Å². The molecule has 0 amide bonds. The van der Waals surface area contributed by atoms with Crippen LogP contribution in [0.5, 0.6) is 0 Å². The van der Waals surface area contributed by atoms with Crippen LogP contribution in [0, 0.1) is 0 Å². The Labute approximate surface area is 63.1 Å². The van der Waals surface area contributed by atoms with Gasteiger partial charge in [0.25, 0.3) is 0 Å². The van der Waals surface area contributed by atoms with Gasteiger partial charge in [0.2, 0.25) is 0 Å². The molecule has 0 aliphatic carbocycles. The second-order valence-electron chi connectivity index (χ2n) is 2.38. The van der Waals surface area contributed by atoms with Crippen molar-refractivity contribution in [3.8, 4) is 0 Å². The van der Waals surface area contributed by atoms with Crippen LogP contribution in [0.1, 0.15) is 19.3 Å². The Balaban J connectivity index is 2.89. The summed E-state index contributed by atoms with van der Waals surface area (Å²) in [7, 11) is 3.62. The number of hydrogen-bond donors (Lipinski definition) is 1. The molecule has 0 fully saturated rings. The van der Waals surface area contributed by atoms with Crippen LogP contribution in [0.4, 0.5) is 0 Å². The fraction of sp³-hybridized carbons (Fsp3) is 1.00. The topological polar surface area (TPSA) is 38.5 Å². The van der Waals surface area contributed by atoms with Crippen LogP contribution in [0.2, 0.25) is 0 Å². The molecule has 0 radical (unpaired) electrons. The van der Waals surface area contributed by atoms with Gasteiger partial charge in [0.05, 0.1) is 7.11 Å². The number of unbranched alkanes of at least 4 members (excludes halogenated alkanes) is 2. The van der Waals surface area contributed by atoms with Crippen LogP contribution < -0.4 is 5.73 Å². The van der Waals surface area contributed by atoms with Crippen molar-refractivity contribution in [2.24, 2.45) is 5.73 Å². The van der Waals surface area contributed by atoms with E-state index in [2.05, 4.69) is 0 Å². The highest BCUT2D eigenvalue weighted by atomic mass is 16.7. The van der Waals surface area contributed by atoms with Crippen molar-refractivity contribution in [3.63, 3.8) is 0 Å². The van der Waals surface area contributed by atoms with Crippen molar-refractivity contribution in [1.82, 2.24) is 5.06 Å². The third-order valence-corrected chi connectivity index (χ3v) is 1.49. The maximum absolute atomic E-state index is 5.33. The second kappa shape index (κ2) is 6.99. The van der Waals surface area contributed by atoms with Gasteiger partial charge in [-0.25, -0.2) is 0 Å². The molecule has 0 heterocycles. The summed E-state index contributed by atoms with van der Waals surface area (Å²) >= 11 is 0. The molecule has 62 valence electrons. The Bertz CT molecular complexity index is 68.6. The largest absolute Gasteiger partial charge is 0.330 e. The van der Waals surface area contributed by atoms with Gasteiger partial charge in [-0.1, -0.05) is 6.42 Å². The fourth-order valence-electron chi connectivity index (χ4n) is 0.747. The van der Waals surface area contributed by atoms with E-state index >= 15 is 0 Å². The highest BCUT2D eigenvalue weighted by molar-refractivity contribution is 4.43. The van der Waals surface area contributed by atoms with Gasteiger partial charge in [-0.15, -0.1) is 0 Å². The molecule has 2 N–H and O–H groups in total. The van der Waals surface area contributed by atoms with Crippen LogP contribution in [-0.2, 0) is 4.84 Å². The number of nitrogens with two attached hydrogens (primary N) is 1. The van der Waals surface area contributed by atoms with E-state index in [1.165, 1.54) is 12.8 Å². The molecule has 0 aromatic rings. The molecule has 0 rings (SSSR count). The zero-order valence-corrected chi connectivity index (χ0v) is 6.97. The Morgan fingerprint density at radius 3 is 2.50 bits per heavy atom. The number of rotatable bonds is 6. The Morgan fingerprint density at radius 2 is 2.00 bits per heavy atom. The molecule has 10 heavy (non-hydrogen) atoms. The summed E-state index contributed by atoms with van der Waals surface area (Å²) < 4.78 is 0. The van der Waals surface area contributed by atoms with E-state index in [1.54, 1.807) is 7.11 Å². The summed E-state index contributed by atoms with van der Waals surface area (Å²) in [5.41, 5.74) is 5.33. The first-order valence-electron chi connectivity index (χ1n) is 3.76. The van der Waals surface area contributed by atoms with Crippen LogP contribution in [0.3, 0.4) is 0 Å². The molecular formula is C7H18N2O. The van der Waals surface area contributed by atoms with E-state index in [0.717, 1.165) is 19.5 Å². The van der Waals surface area contributed by atoms with Gasteiger partial charge in [-0.2, -0.15) is 5.06 Å². The average Bonchev–Trinajstić information content (AvgIpc) is 1.98. The van der Waals surface area contributed by atoms with Crippen molar-refractivity contribution in [1.29, 1.82) is 0 Å². The summed E-state index contributed by atoms with van der Waals surface area (Å²) in [4.78, 5) is 4.93. The lowest BCUT2D eigenvalue weighted by Gasteiger charge is -2.12. The van der Waals surface area contributed by atoms with E-state index in [-0.39, 0.29) is 0 Å². The molecule has 0 spiro atoms. The molecule has 0 aliphatic heterocycles. The van der Waals surface area contributed by atoms with E-state index < -0.39 is 0 Å². The predicted octanol–water partition coefficient (Wildman–Crippen LogP) is 0.609. The van der Waals surface area contributed by atoms with E-state index in [9.17, 15) is 0 Å². The second-order valence-corrected chi connectivity index (χ2v) is 2.38. The van der Waals surface area contributed by atoms with Crippen LogP contribution in [0.15, 0.2) is 0 Å². The van der Waals surface area contributed by atoms with E-state index in [1.807, 2.05) is 12.1 Å². The predicted molar refractivity (Wildman–Crippen MR) is 42.5 cm³/mol. The van der Waals surface area contributed by atoms with Crippen molar-refractivity contribution in [3.05, 3.63) is 0 Å². The number of nitrogens with zero attached hydrogens (tertiary/aromatic N) is 1. The van der Waals surface area contributed by atoms with Gasteiger partial charge in [-0.05, 0) is 19.4 Å². The van der Waals surface area contributed by atoms with Crippen molar-refractivity contribution in [2.75, 3.05) is 27.2 Å². The first-order valence-corrected chi connectivity index (χ1v) is 3.76. The molecular weight excluding hydrogens is 128 g/mol. The zero-order valence-electron chi connectivity index (χ0n) is 6.97. The number of hydroxylamine groups is 2. The maximum atomic E-state index is 5.33. The van der Waals surface area contributed by atoms with Crippen molar-refractivity contribution in [2.45, 2.75) is 19.3 Å². The fourth-order valence-corrected chi connectivity index (χ4v) is 0.747. The van der Waals surface area contributed by atoms with Crippen LogP contribution in [0.25, 0.3) is 0 Å². The molecule has 0 saturated heterocycles. The summed E-state index contributed by atoms with van der Waals surface area (Å²) in [5.74, 6) is 0. The van der Waals surface area contributed by atoms with E-state index in [4.69, 9.17) is 10.6 Å². The summed E-state index contributed by atoms with van der Waals surface area (Å²) in [6.07, 6.45) is 3.49. The molecule has 3 nitrogen and oxygen atoms in total. The minimum absolute atomic E-state index is 0.802. The summed E-state index contributed by atoms with van der Waals surface area (Å²) in [5, 5.41) is 1.83. The third kappa shape index (κ3) is 6.01. The molecule has 3 heteroatoms. The smallest absolute Gasteiger partial charge is 0.0575 e. The zero-order chi connectivity index (χ0) is 7.82. The lowest BCUT2D eigenvalue weighted by Crippen LogP contribution is -2.17. The molecule has 0 aromatic carbocycles.